The molecule has 2 amide bonds. The number of piperazine rings is 1. The van der Waals surface area contributed by atoms with Crippen LogP contribution in [-0.2, 0) is 19.0 Å². The van der Waals surface area contributed by atoms with E-state index in [-0.39, 0.29) is 41.3 Å². The van der Waals surface area contributed by atoms with E-state index in [0.29, 0.717) is 12.5 Å². The lowest BCUT2D eigenvalue weighted by Crippen LogP contribution is -2.53. The van der Waals surface area contributed by atoms with Gasteiger partial charge in [0.1, 0.15) is 6.10 Å². The Hall–Kier alpha value is -1.64. The van der Waals surface area contributed by atoms with Gasteiger partial charge in [-0.2, -0.15) is 0 Å². The van der Waals surface area contributed by atoms with Crippen molar-refractivity contribution >= 4 is 12.0 Å². The molecule has 0 aromatic rings. The van der Waals surface area contributed by atoms with Crippen LogP contribution in [-0.4, -0.2) is 103 Å². The van der Waals surface area contributed by atoms with Gasteiger partial charge in [-0.25, -0.2) is 4.79 Å². The topological polar surface area (TPSA) is 78.2 Å². The molecule has 4 aliphatic heterocycles. The molecule has 5 fully saturated rings. The highest BCUT2D eigenvalue weighted by molar-refractivity contribution is 5.78. The maximum absolute atomic E-state index is 12.8. The predicted octanol–water partition coefficient (Wildman–Crippen LogP) is 2.67. The third-order valence-corrected chi connectivity index (χ3v) is 8.82. The summed E-state index contributed by atoms with van der Waals surface area (Å²) in [5.41, 5.74) is 1.07. The molecule has 5 rings (SSSR count). The van der Waals surface area contributed by atoms with Gasteiger partial charge in [-0.15, -0.1) is 0 Å². The standard InChI is InChI=1S/C26H41N3O5/c1-18(2)5-6-22-25(3,34-22)21-13-20(7-9-26(21)17-32-26)33-24(31)29-14-19(15-29)8-10-28-12-11-27(4)23(30)16-28/h5,19-22H,6-17H2,1-4H3/t20?,21?,22-,25-,26?/m1/s1. The molecule has 3 unspecified atom stereocenters. The second kappa shape index (κ2) is 9.10. The lowest BCUT2D eigenvalue weighted by molar-refractivity contribution is -0.134. The Morgan fingerprint density at radius 3 is 2.71 bits per heavy atom. The molecule has 0 radical (unpaired) electrons. The number of ether oxygens (including phenoxy) is 3. The van der Waals surface area contributed by atoms with Crippen molar-refractivity contribution in [3.05, 3.63) is 11.6 Å². The normalized spacial score (nSPS) is 38.0. The minimum absolute atomic E-state index is 0.0622. The third kappa shape index (κ3) is 4.86. The zero-order valence-corrected chi connectivity index (χ0v) is 21.3. The molecule has 0 aromatic heterocycles. The van der Waals surface area contributed by atoms with Crippen LogP contribution < -0.4 is 0 Å². The molecule has 190 valence electrons. The van der Waals surface area contributed by atoms with Gasteiger partial charge in [-0.1, -0.05) is 11.6 Å². The van der Waals surface area contributed by atoms with Crippen molar-refractivity contribution in [3.8, 4) is 0 Å². The average Bonchev–Trinajstić information content (AvgIpc) is 3.67. The maximum atomic E-state index is 12.8. The first-order valence-corrected chi connectivity index (χ1v) is 13.1. The van der Waals surface area contributed by atoms with Crippen LogP contribution in [0.4, 0.5) is 4.79 Å². The van der Waals surface area contributed by atoms with E-state index >= 15 is 0 Å². The Kier molecular flexibility index (Phi) is 6.44. The predicted molar refractivity (Wildman–Crippen MR) is 127 cm³/mol. The Morgan fingerprint density at radius 1 is 1.26 bits per heavy atom. The highest BCUT2D eigenvalue weighted by Gasteiger charge is 2.68. The lowest BCUT2D eigenvalue weighted by Gasteiger charge is -2.42. The van der Waals surface area contributed by atoms with Gasteiger partial charge in [0.25, 0.3) is 0 Å². The molecule has 5 atom stereocenters. The summed E-state index contributed by atoms with van der Waals surface area (Å²) in [5, 5.41) is 0. The van der Waals surface area contributed by atoms with Gasteiger partial charge in [-0.3, -0.25) is 9.69 Å². The van der Waals surface area contributed by atoms with Gasteiger partial charge in [0, 0.05) is 39.1 Å². The Morgan fingerprint density at radius 2 is 2.03 bits per heavy atom. The summed E-state index contributed by atoms with van der Waals surface area (Å²) < 4.78 is 18.1. The summed E-state index contributed by atoms with van der Waals surface area (Å²) in [6.07, 6.45) is 6.83. The van der Waals surface area contributed by atoms with Crippen LogP contribution >= 0.6 is 0 Å². The second-order valence-electron chi connectivity index (χ2n) is 11.6. The quantitative estimate of drug-likeness (QED) is 0.416. The lowest BCUT2D eigenvalue weighted by atomic mass is 9.70. The number of allylic oxidation sites excluding steroid dienone is 1. The Balaban J connectivity index is 1.06. The van der Waals surface area contributed by atoms with E-state index in [1.807, 2.05) is 11.9 Å². The van der Waals surface area contributed by atoms with E-state index in [0.717, 1.165) is 71.4 Å². The number of hydrogen-bond acceptors (Lipinski definition) is 6. The Labute approximate surface area is 203 Å². The number of hydrogen-bond donors (Lipinski definition) is 0. The molecule has 4 heterocycles. The van der Waals surface area contributed by atoms with Gasteiger partial charge in [-0.05, 0) is 65.3 Å². The van der Waals surface area contributed by atoms with Crippen LogP contribution in [0.1, 0.15) is 52.9 Å². The number of likely N-dealkylation sites (N-methyl/N-ethyl adjacent to an activating group) is 1. The zero-order chi connectivity index (χ0) is 24.1. The first kappa shape index (κ1) is 24.1. The number of amides is 2. The summed E-state index contributed by atoms with van der Waals surface area (Å²) >= 11 is 0. The van der Waals surface area contributed by atoms with Crippen LogP contribution in [0.3, 0.4) is 0 Å². The molecular formula is C26H41N3O5. The molecule has 0 N–H and O–H groups in total. The summed E-state index contributed by atoms with van der Waals surface area (Å²) in [5.74, 6) is 0.972. The molecular weight excluding hydrogens is 434 g/mol. The van der Waals surface area contributed by atoms with Crippen LogP contribution in [0.5, 0.6) is 0 Å². The zero-order valence-electron chi connectivity index (χ0n) is 21.3. The molecule has 1 saturated carbocycles. The smallest absolute Gasteiger partial charge is 0.410 e. The fourth-order valence-electron chi connectivity index (χ4n) is 6.16. The number of epoxide rings is 2. The van der Waals surface area contributed by atoms with Crippen molar-refractivity contribution < 1.29 is 23.8 Å². The number of carbonyl (C=O) groups is 2. The Bertz CT molecular complexity index is 832. The van der Waals surface area contributed by atoms with E-state index in [4.69, 9.17) is 14.2 Å². The van der Waals surface area contributed by atoms with Crippen molar-refractivity contribution in [1.29, 1.82) is 0 Å². The molecule has 0 bridgehead atoms. The van der Waals surface area contributed by atoms with E-state index in [1.54, 1.807) is 4.90 Å². The number of carbonyl (C=O) groups excluding carboxylic acids is 2. The molecule has 4 saturated heterocycles. The van der Waals surface area contributed by atoms with Crippen LogP contribution in [0.2, 0.25) is 0 Å². The van der Waals surface area contributed by atoms with Crippen LogP contribution in [0.25, 0.3) is 0 Å². The van der Waals surface area contributed by atoms with Crippen molar-refractivity contribution in [2.24, 2.45) is 11.8 Å². The molecule has 8 nitrogen and oxygen atoms in total. The maximum Gasteiger partial charge on any atom is 0.410 e. The van der Waals surface area contributed by atoms with Gasteiger partial charge in [0.2, 0.25) is 5.91 Å². The first-order chi connectivity index (χ1) is 16.2. The SMILES string of the molecule is CC(C)=CC[C@H]1O[C@]1(C)C1CC(OC(=O)N2CC(CCN3CCN(C)C(=O)C3)C2)CCC12CO2. The number of likely N-dealkylation sites (tertiary alicyclic amines) is 1. The highest BCUT2D eigenvalue weighted by Crippen LogP contribution is 2.59. The number of nitrogens with zero attached hydrogens (tertiary/aromatic N) is 3. The number of rotatable bonds is 7. The largest absolute Gasteiger partial charge is 0.446 e. The minimum atomic E-state index is -0.181. The molecule has 0 aromatic carbocycles. The summed E-state index contributed by atoms with van der Waals surface area (Å²) in [6, 6.07) is 0. The van der Waals surface area contributed by atoms with Crippen LogP contribution in [0, 0.1) is 11.8 Å². The van der Waals surface area contributed by atoms with Crippen molar-refractivity contribution in [2.45, 2.75) is 76.3 Å². The molecule has 5 aliphatic rings. The fourth-order valence-corrected chi connectivity index (χ4v) is 6.16. The molecule has 8 heteroatoms. The van der Waals surface area contributed by atoms with Crippen molar-refractivity contribution in [1.82, 2.24) is 14.7 Å². The minimum Gasteiger partial charge on any atom is -0.446 e. The monoisotopic (exact) mass is 475 g/mol. The summed E-state index contributed by atoms with van der Waals surface area (Å²) in [7, 11) is 1.86. The third-order valence-electron chi connectivity index (χ3n) is 8.82. The van der Waals surface area contributed by atoms with E-state index in [9.17, 15) is 9.59 Å². The fraction of sp³-hybridized carbons (Fsp3) is 0.846. The average molecular weight is 476 g/mol. The van der Waals surface area contributed by atoms with Crippen molar-refractivity contribution in [3.63, 3.8) is 0 Å². The second-order valence-corrected chi connectivity index (χ2v) is 11.6. The first-order valence-electron chi connectivity index (χ1n) is 13.1. The van der Waals surface area contributed by atoms with Crippen LogP contribution in [0.15, 0.2) is 11.6 Å². The van der Waals surface area contributed by atoms with E-state index in [1.165, 1.54) is 5.57 Å². The van der Waals surface area contributed by atoms with Gasteiger partial charge in [0.05, 0.1) is 30.5 Å². The van der Waals surface area contributed by atoms with Crippen molar-refractivity contribution in [2.75, 3.05) is 52.9 Å². The van der Waals surface area contributed by atoms with E-state index in [2.05, 4.69) is 31.7 Å². The summed E-state index contributed by atoms with van der Waals surface area (Å²) in [4.78, 5) is 30.5. The van der Waals surface area contributed by atoms with Gasteiger partial charge < -0.3 is 24.0 Å². The summed E-state index contributed by atoms with van der Waals surface area (Å²) in [6.45, 7) is 12.0. The van der Waals surface area contributed by atoms with Gasteiger partial charge >= 0.3 is 6.09 Å². The van der Waals surface area contributed by atoms with Gasteiger partial charge in [0.15, 0.2) is 0 Å². The molecule has 1 aliphatic carbocycles. The molecule has 1 spiro atoms. The highest BCUT2D eigenvalue weighted by atomic mass is 16.6. The van der Waals surface area contributed by atoms with E-state index < -0.39 is 0 Å². The molecule has 34 heavy (non-hydrogen) atoms.